The molecule has 160 valence electrons. The van der Waals surface area contributed by atoms with Crippen molar-refractivity contribution >= 4 is 5.97 Å². The lowest BCUT2D eigenvalue weighted by Crippen LogP contribution is -2.40. The molecule has 1 unspecified atom stereocenters. The number of benzene rings is 1. The van der Waals surface area contributed by atoms with Crippen LogP contribution in [0.15, 0.2) is 30.3 Å². The van der Waals surface area contributed by atoms with Crippen molar-refractivity contribution in [3.63, 3.8) is 0 Å². The van der Waals surface area contributed by atoms with E-state index in [9.17, 15) is 4.79 Å². The summed E-state index contributed by atoms with van der Waals surface area (Å²) >= 11 is 0. The number of aromatic nitrogens is 3. The Balaban J connectivity index is 1.14. The Labute approximate surface area is 177 Å². The number of ether oxygens (including phenoxy) is 1. The number of carbonyl (C=O) groups excluding carboxylic acids is 1. The zero-order valence-corrected chi connectivity index (χ0v) is 17.6. The molecule has 5 rings (SSSR count). The monoisotopic (exact) mass is 409 g/mol. The number of nitrogens with one attached hydrogen (secondary N) is 1. The molecule has 7 nitrogen and oxygen atoms in total. The molecule has 4 heterocycles. The summed E-state index contributed by atoms with van der Waals surface area (Å²) in [6.45, 7) is 5.39. The van der Waals surface area contributed by atoms with Crippen LogP contribution in [-0.4, -0.2) is 64.5 Å². The molecule has 0 bridgehead atoms. The number of rotatable bonds is 5. The van der Waals surface area contributed by atoms with E-state index < -0.39 is 0 Å². The van der Waals surface area contributed by atoms with Crippen LogP contribution in [0.25, 0.3) is 0 Å². The molecular formula is C23H31N5O2. The second-order valence-corrected chi connectivity index (χ2v) is 8.97. The lowest BCUT2D eigenvalue weighted by atomic mass is 9.76. The number of carbonyl (C=O) groups is 1. The average molecular weight is 410 g/mol. The molecule has 0 radical (unpaired) electrons. The van der Waals surface area contributed by atoms with Gasteiger partial charge in [-0.3, -0.25) is 9.69 Å². The molecule has 2 saturated heterocycles. The Morgan fingerprint density at radius 1 is 1.10 bits per heavy atom. The number of esters is 1. The van der Waals surface area contributed by atoms with Gasteiger partial charge in [-0.05, 0) is 37.9 Å². The molecular weight excluding hydrogens is 378 g/mol. The molecule has 3 aliphatic heterocycles. The smallest absolute Gasteiger partial charge is 0.312 e. The van der Waals surface area contributed by atoms with Gasteiger partial charge >= 0.3 is 5.97 Å². The second-order valence-electron chi connectivity index (χ2n) is 8.97. The maximum atomic E-state index is 12.5. The molecule has 7 heteroatoms. The normalized spacial score (nSPS) is 23.9. The third kappa shape index (κ3) is 4.14. The van der Waals surface area contributed by atoms with Gasteiger partial charge in [-0.15, -0.1) is 0 Å². The van der Waals surface area contributed by atoms with Gasteiger partial charge in [0.15, 0.2) is 5.82 Å². The van der Waals surface area contributed by atoms with E-state index in [1.54, 1.807) is 0 Å². The van der Waals surface area contributed by atoms with Gasteiger partial charge in [0.05, 0.1) is 12.0 Å². The third-order valence-electron chi connectivity index (χ3n) is 6.90. The van der Waals surface area contributed by atoms with E-state index in [2.05, 4.69) is 39.2 Å². The van der Waals surface area contributed by atoms with Crippen LogP contribution in [0.3, 0.4) is 0 Å². The molecule has 0 saturated carbocycles. The summed E-state index contributed by atoms with van der Waals surface area (Å²) in [6.07, 6.45) is 5.46. The Kier molecular flexibility index (Phi) is 5.56. The third-order valence-corrected chi connectivity index (χ3v) is 6.90. The van der Waals surface area contributed by atoms with E-state index in [4.69, 9.17) is 14.8 Å². The summed E-state index contributed by atoms with van der Waals surface area (Å²) in [6, 6.07) is 10.5. The molecule has 1 spiro atoms. The van der Waals surface area contributed by atoms with E-state index in [1.807, 2.05) is 6.07 Å². The number of fused-ring (bicyclic) bond motifs is 1. The quantitative estimate of drug-likeness (QED) is 0.757. The highest BCUT2D eigenvalue weighted by Crippen LogP contribution is 2.41. The largest absolute Gasteiger partial charge is 0.461 e. The van der Waals surface area contributed by atoms with Gasteiger partial charge in [-0.2, -0.15) is 5.10 Å². The average Bonchev–Trinajstić information content (AvgIpc) is 3.23. The van der Waals surface area contributed by atoms with Gasteiger partial charge in [0, 0.05) is 38.9 Å². The molecule has 0 amide bonds. The minimum atomic E-state index is -0.232. The zero-order chi connectivity index (χ0) is 20.4. The molecule has 1 atom stereocenters. The molecule has 30 heavy (non-hydrogen) atoms. The number of hydrogen-bond acceptors (Lipinski definition) is 6. The van der Waals surface area contributed by atoms with Crippen LogP contribution in [0.2, 0.25) is 0 Å². The minimum Gasteiger partial charge on any atom is -0.461 e. The first-order valence-electron chi connectivity index (χ1n) is 11.3. The van der Waals surface area contributed by atoms with Gasteiger partial charge in [0.1, 0.15) is 11.9 Å². The highest BCUT2D eigenvalue weighted by atomic mass is 16.6. The lowest BCUT2D eigenvalue weighted by molar-refractivity contribution is -0.150. The minimum absolute atomic E-state index is 0.0235. The number of nitrogens with zero attached hydrogens (tertiary/aromatic N) is 4. The van der Waals surface area contributed by atoms with Crippen molar-refractivity contribution in [2.75, 3.05) is 32.7 Å². The van der Waals surface area contributed by atoms with Crippen molar-refractivity contribution in [2.24, 2.45) is 5.41 Å². The number of piperidine rings is 1. The van der Waals surface area contributed by atoms with Gasteiger partial charge in [-0.1, -0.05) is 30.3 Å². The summed E-state index contributed by atoms with van der Waals surface area (Å²) in [5.41, 5.74) is 1.09. The van der Waals surface area contributed by atoms with Crippen LogP contribution >= 0.6 is 0 Å². The van der Waals surface area contributed by atoms with E-state index in [0.29, 0.717) is 0 Å². The molecule has 0 aliphatic carbocycles. The fourth-order valence-electron chi connectivity index (χ4n) is 5.13. The fourth-order valence-corrected chi connectivity index (χ4v) is 5.13. The highest BCUT2D eigenvalue weighted by Gasteiger charge is 2.49. The van der Waals surface area contributed by atoms with Crippen molar-refractivity contribution in [2.45, 2.75) is 51.2 Å². The first-order chi connectivity index (χ1) is 14.7. The molecule has 1 N–H and O–H groups in total. The number of hydrogen-bond donors (Lipinski definition) is 1. The van der Waals surface area contributed by atoms with Crippen LogP contribution in [0.4, 0.5) is 0 Å². The van der Waals surface area contributed by atoms with E-state index in [-0.39, 0.29) is 17.5 Å². The van der Waals surface area contributed by atoms with Gasteiger partial charge in [0.2, 0.25) is 0 Å². The van der Waals surface area contributed by atoms with Crippen LogP contribution in [0.1, 0.15) is 36.5 Å². The van der Waals surface area contributed by atoms with Crippen molar-refractivity contribution in [1.82, 2.24) is 25.0 Å². The van der Waals surface area contributed by atoms with E-state index >= 15 is 0 Å². The van der Waals surface area contributed by atoms with Crippen LogP contribution in [0, 0.1) is 5.41 Å². The number of aryl methyl sites for hydroxylation is 2. The van der Waals surface area contributed by atoms with Crippen LogP contribution in [0.5, 0.6) is 0 Å². The van der Waals surface area contributed by atoms with Gasteiger partial charge in [0.25, 0.3) is 0 Å². The summed E-state index contributed by atoms with van der Waals surface area (Å²) in [5.74, 6) is 2.06. The Bertz CT molecular complexity index is 849. The molecule has 2 fully saturated rings. The standard InChI is InChI=1S/C23H31N5O2/c29-22-23(9-11-24-12-10-23)16-19(30-22)17-27-13-8-21-25-20(26-28(21)15-14-27)7-6-18-4-2-1-3-5-18/h1-5,19,24H,6-17H2. The Hall–Kier alpha value is -2.25. The first-order valence-corrected chi connectivity index (χ1v) is 11.3. The summed E-state index contributed by atoms with van der Waals surface area (Å²) in [5, 5.41) is 8.11. The Morgan fingerprint density at radius 2 is 1.93 bits per heavy atom. The van der Waals surface area contributed by atoms with Crippen molar-refractivity contribution < 1.29 is 9.53 Å². The summed E-state index contributed by atoms with van der Waals surface area (Å²) < 4.78 is 7.88. The van der Waals surface area contributed by atoms with Crippen molar-refractivity contribution in [3.8, 4) is 0 Å². The van der Waals surface area contributed by atoms with E-state index in [1.165, 1.54) is 5.56 Å². The molecule has 1 aromatic heterocycles. The predicted octanol–water partition coefficient (Wildman–Crippen LogP) is 1.61. The van der Waals surface area contributed by atoms with Gasteiger partial charge < -0.3 is 10.1 Å². The fraction of sp³-hybridized carbons (Fsp3) is 0.609. The topological polar surface area (TPSA) is 72.3 Å². The number of cyclic esters (lactones) is 1. The molecule has 2 aromatic rings. The SMILES string of the molecule is O=C1OC(CN2CCc3nc(CCc4ccccc4)nn3CC2)CC12CCNCC2. The highest BCUT2D eigenvalue weighted by molar-refractivity contribution is 5.79. The lowest BCUT2D eigenvalue weighted by Gasteiger charge is -2.29. The summed E-state index contributed by atoms with van der Waals surface area (Å²) in [7, 11) is 0. The summed E-state index contributed by atoms with van der Waals surface area (Å²) in [4.78, 5) is 19.7. The second kappa shape index (κ2) is 8.47. The predicted molar refractivity (Wildman–Crippen MR) is 113 cm³/mol. The molecule has 1 aromatic carbocycles. The van der Waals surface area contributed by atoms with Crippen molar-refractivity contribution in [3.05, 3.63) is 47.5 Å². The van der Waals surface area contributed by atoms with Crippen LogP contribution < -0.4 is 5.32 Å². The molecule has 3 aliphatic rings. The zero-order valence-electron chi connectivity index (χ0n) is 17.6. The van der Waals surface area contributed by atoms with E-state index in [0.717, 1.165) is 89.4 Å². The first kappa shape index (κ1) is 19.7. The maximum Gasteiger partial charge on any atom is 0.312 e. The maximum absolute atomic E-state index is 12.5. The van der Waals surface area contributed by atoms with Gasteiger partial charge in [-0.25, -0.2) is 9.67 Å². The van der Waals surface area contributed by atoms with Crippen LogP contribution in [-0.2, 0) is 35.3 Å². The Morgan fingerprint density at radius 3 is 2.77 bits per heavy atom. The van der Waals surface area contributed by atoms with Crippen molar-refractivity contribution in [1.29, 1.82) is 0 Å².